The molecule has 0 aliphatic rings. The number of hydrogen-bond donors (Lipinski definition) is 1. The number of nitrogens with one attached hydrogen (secondary N) is 1. The van der Waals surface area contributed by atoms with Crippen LogP contribution in [0.25, 0.3) is 0 Å². The highest BCUT2D eigenvalue weighted by Gasteiger charge is 2.09. The van der Waals surface area contributed by atoms with E-state index in [-0.39, 0.29) is 18.2 Å². The van der Waals surface area contributed by atoms with Crippen molar-refractivity contribution in [1.29, 1.82) is 0 Å². The predicted molar refractivity (Wildman–Crippen MR) is 76.5 cm³/mol. The molecule has 106 valence electrons. The van der Waals surface area contributed by atoms with E-state index in [1.165, 1.54) is 12.1 Å². The molecule has 5 nitrogen and oxygen atoms in total. The van der Waals surface area contributed by atoms with Crippen molar-refractivity contribution in [1.82, 2.24) is 9.97 Å². The van der Waals surface area contributed by atoms with Gasteiger partial charge in [0.25, 0.3) is 0 Å². The molecule has 1 heterocycles. The number of halogens is 2. The minimum Gasteiger partial charge on any atom is -0.436 e. The number of methoxy groups -OCH3 is 1. The van der Waals surface area contributed by atoms with Crippen molar-refractivity contribution in [2.45, 2.75) is 6.61 Å². The maximum Gasteiger partial charge on any atom is 0.224 e. The van der Waals surface area contributed by atoms with Gasteiger partial charge in [0.15, 0.2) is 17.4 Å². The maximum absolute atomic E-state index is 13.7. The standard InChI is InChI=1S/C13H13BrFN3O2/c1-16-11-6-13(18-12(17-11)7-19-2)20-10-5-8(14)3-4-9(10)15/h3-6H,7H2,1-2H3,(H,16,17,18). The van der Waals surface area contributed by atoms with Crippen LogP contribution >= 0.6 is 15.9 Å². The van der Waals surface area contributed by atoms with Gasteiger partial charge in [0.2, 0.25) is 5.88 Å². The van der Waals surface area contributed by atoms with Crippen LogP contribution in [0.5, 0.6) is 11.6 Å². The molecule has 0 amide bonds. The molecule has 0 bridgehead atoms. The molecule has 0 radical (unpaired) electrons. The lowest BCUT2D eigenvalue weighted by Gasteiger charge is -2.09. The fourth-order valence-corrected chi connectivity index (χ4v) is 1.85. The zero-order valence-electron chi connectivity index (χ0n) is 11.0. The largest absolute Gasteiger partial charge is 0.436 e. The average Bonchev–Trinajstić information content (AvgIpc) is 2.43. The van der Waals surface area contributed by atoms with Gasteiger partial charge in [0.1, 0.15) is 12.4 Å². The Morgan fingerprint density at radius 3 is 2.80 bits per heavy atom. The molecular weight excluding hydrogens is 329 g/mol. The number of rotatable bonds is 5. The topological polar surface area (TPSA) is 56.3 Å². The van der Waals surface area contributed by atoms with E-state index >= 15 is 0 Å². The Hall–Kier alpha value is -1.73. The highest BCUT2D eigenvalue weighted by atomic mass is 79.9. The molecule has 1 N–H and O–H groups in total. The summed E-state index contributed by atoms with van der Waals surface area (Å²) < 4.78 is 24.8. The van der Waals surface area contributed by atoms with Crippen LogP contribution in [-0.4, -0.2) is 24.1 Å². The number of ether oxygens (including phenoxy) is 2. The second-order valence-electron chi connectivity index (χ2n) is 3.87. The molecule has 0 aliphatic heterocycles. The summed E-state index contributed by atoms with van der Waals surface area (Å²) in [4.78, 5) is 8.35. The molecule has 0 aliphatic carbocycles. The lowest BCUT2D eigenvalue weighted by Crippen LogP contribution is -2.03. The molecule has 20 heavy (non-hydrogen) atoms. The summed E-state index contributed by atoms with van der Waals surface area (Å²) >= 11 is 3.27. The first-order valence-electron chi connectivity index (χ1n) is 5.80. The van der Waals surface area contributed by atoms with E-state index < -0.39 is 5.82 Å². The van der Waals surface area contributed by atoms with Crippen LogP contribution in [0.4, 0.5) is 10.2 Å². The zero-order valence-corrected chi connectivity index (χ0v) is 12.6. The first kappa shape index (κ1) is 14.7. The molecule has 2 aromatic rings. The van der Waals surface area contributed by atoms with Crippen LogP contribution in [-0.2, 0) is 11.3 Å². The molecule has 7 heteroatoms. The minimum absolute atomic E-state index is 0.0866. The summed E-state index contributed by atoms with van der Waals surface area (Å²) in [5, 5.41) is 2.89. The summed E-state index contributed by atoms with van der Waals surface area (Å²) in [6, 6.07) is 6.03. The highest BCUT2D eigenvalue weighted by Crippen LogP contribution is 2.27. The Balaban J connectivity index is 2.32. The first-order valence-corrected chi connectivity index (χ1v) is 6.59. The Morgan fingerprint density at radius 1 is 1.30 bits per heavy atom. The van der Waals surface area contributed by atoms with Gasteiger partial charge in [-0.15, -0.1) is 0 Å². The van der Waals surface area contributed by atoms with Crippen LogP contribution in [0.3, 0.4) is 0 Å². The van der Waals surface area contributed by atoms with Gasteiger partial charge in [-0.3, -0.25) is 0 Å². The van der Waals surface area contributed by atoms with Gasteiger partial charge in [-0.1, -0.05) is 15.9 Å². The molecule has 1 aromatic heterocycles. The molecule has 0 spiro atoms. The van der Waals surface area contributed by atoms with Gasteiger partial charge in [-0.05, 0) is 18.2 Å². The number of anilines is 1. The fourth-order valence-electron chi connectivity index (χ4n) is 1.51. The Bertz CT molecular complexity index is 610. The average molecular weight is 342 g/mol. The molecule has 0 saturated heterocycles. The lowest BCUT2D eigenvalue weighted by atomic mass is 10.3. The van der Waals surface area contributed by atoms with Gasteiger partial charge >= 0.3 is 0 Å². The van der Waals surface area contributed by atoms with E-state index in [1.54, 1.807) is 26.3 Å². The number of nitrogens with zero attached hydrogens (tertiary/aromatic N) is 2. The molecule has 0 saturated carbocycles. The van der Waals surface area contributed by atoms with Gasteiger partial charge in [-0.2, -0.15) is 4.98 Å². The first-order chi connectivity index (χ1) is 9.62. The molecule has 1 aromatic carbocycles. The summed E-state index contributed by atoms with van der Waals surface area (Å²) in [6.07, 6.45) is 0. The Kier molecular flexibility index (Phi) is 4.86. The van der Waals surface area contributed by atoms with Crippen LogP contribution < -0.4 is 10.1 Å². The smallest absolute Gasteiger partial charge is 0.224 e. The van der Waals surface area contributed by atoms with E-state index in [2.05, 4.69) is 31.2 Å². The quantitative estimate of drug-likeness (QED) is 0.903. The van der Waals surface area contributed by atoms with Crippen LogP contribution in [0.1, 0.15) is 5.82 Å². The van der Waals surface area contributed by atoms with Crippen LogP contribution in [0.15, 0.2) is 28.7 Å². The van der Waals surface area contributed by atoms with Gasteiger partial charge in [-0.25, -0.2) is 9.37 Å². The monoisotopic (exact) mass is 341 g/mol. The third-order valence-corrected chi connectivity index (χ3v) is 2.88. The zero-order chi connectivity index (χ0) is 14.5. The van der Waals surface area contributed by atoms with Gasteiger partial charge < -0.3 is 14.8 Å². The summed E-state index contributed by atoms with van der Waals surface area (Å²) in [5.41, 5.74) is 0. The second kappa shape index (κ2) is 6.62. The lowest BCUT2D eigenvalue weighted by molar-refractivity contribution is 0.177. The Labute approximate surface area is 124 Å². The second-order valence-corrected chi connectivity index (χ2v) is 4.78. The normalized spacial score (nSPS) is 10.4. The predicted octanol–water partition coefficient (Wildman–Crippen LogP) is 3.36. The molecule has 0 atom stereocenters. The summed E-state index contributed by atoms with van der Waals surface area (Å²) in [7, 11) is 3.27. The van der Waals surface area contributed by atoms with E-state index in [0.717, 1.165) is 0 Å². The van der Waals surface area contributed by atoms with Crippen molar-refractivity contribution in [3.05, 3.63) is 40.4 Å². The summed E-state index contributed by atoms with van der Waals surface area (Å²) in [5.74, 6) is 0.880. The maximum atomic E-state index is 13.7. The third kappa shape index (κ3) is 3.64. The summed E-state index contributed by atoms with van der Waals surface area (Å²) in [6.45, 7) is 0.243. The van der Waals surface area contributed by atoms with Crippen LogP contribution in [0, 0.1) is 5.82 Å². The highest BCUT2D eigenvalue weighted by molar-refractivity contribution is 9.10. The van der Waals surface area contributed by atoms with Crippen LogP contribution in [0.2, 0.25) is 0 Å². The van der Waals surface area contributed by atoms with Gasteiger partial charge in [0.05, 0.1) is 0 Å². The van der Waals surface area contributed by atoms with Crippen molar-refractivity contribution < 1.29 is 13.9 Å². The van der Waals surface area contributed by atoms with Crippen molar-refractivity contribution in [3.63, 3.8) is 0 Å². The number of hydrogen-bond acceptors (Lipinski definition) is 5. The number of benzene rings is 1. The third-order valence-electron chi connectivity index (χ3n) is 2.39. The molecule has 0 fully saturated rings. The van der Waals surface area contributed by atoms with E-state index in [9.17, 15) is 4.39 Å². The van der Waals surface area contributed by atoms with Gasteiger partial charge in [0, 0.05) is 24.7 Å². The van der Waals surface area contributed by atoms with Crippen molar-refractivity contribution in [2.24, 2.45) is 0 Å². The molecule has 2 rings (SSSR count). The van der Waals surface area contributed by atoms with E-state index in [0.29, 0.717) is 16.1 Å². The molecule has 0 unspecified atom stereocenters. The molecular formula is C13H13BrFN3O2. The Morgan fingerprint density at radius 2 is 2.10 bits per heavy atom. The number of aromatic nitrogens is 2. The SMILES string of the molecule is CNc1cc(Oc2cc(Br)ccc2F)nc(COC)n1. The van der Waals surface area contributed by atoms with E-state index in [4.69, 9.17) is 9.47 Å². The minimum atomic E-state index is -0.467. The van der Waals surface area contributed by atoms with Crippen molar-refractivity contribution in [2.75, 3.05) is 19.5 Å². The fraction of sp³-hybridized carbons (Fsp3) is 0.231. The van der Waals surface area contributed by atoms with E-state index in [1.807, 2.05) is 0 Å². The van der Waals surface area contributed by atoms with Crippen molar-refractivity contribution >= 4 is 21.7 Å². The van der Waals surface area contributed by atoms with Crippen molar-refractivity contribution in [3.8, 4) is 11.6 Å².